The topological polar surface area (TPSA) is 81.5 Å². The second-order valence-corrected chi connectivity index (χ2v) is 4.87. The summed E-state index contributed by atoms with van der Waals surface area (Å²) < 4.78 is 5.47. The van der Waals surface area contributed by atoms with E-state index in [0.29, 0.717) is 11.4 Å². The highest BCUT2D eigenvalue weighted by molar-refractivity contribution is 5.94. The number of hydrogen-bond donors (Lipinski definition) is 1. The molecule has 2 aromatic carbocycles. The summed E-state index contributed by atoms with van der Waals surface area (Å²) >= 11 is 0. The van der Waals surface area contributed by atoms with Gasteiger partial charge in [-0.15, -0.1) is 0 Å². The predicted molar refractivity (Wildman–Crippen MR) is 83.0 cm³/mol. The summed E-state index contributed by atoms with van der Waals surface area (Å²) in [4.78, 5) is 22.1. The van der Waals surface area contributed by atoms with Gasteiger partial charge in [-0.2, -0.15) is 0 Å². The lowest BCUT2D eigenvalue weighted by atomic mass is 10.2. The van der Waals surface area contributed by atoms with E-state index in [-0.39, 0.29) is 11.6 Å². The Kier molecular flexibility index (Phi) is 4.73. The minimum atomic E-state index is -0.720. The molecule has 0 aliphatic heterocycles. The van der Waals surface area contributed by atoms with Crippen LogP contribution < -0.4 is 10.1 Å². The number of nitrogens with one attached hydrogen (secondary N) is 1. The smallest absolute Gasteiger partial charge is 0.269 e. The van der Waals surface area contributed by atoms with Crippen LogP contribution in [0.4, 0.5) is 11.4 Å². The van der Waals surface area contributed by atoms with Crippen LogP contribution >= 0.6 is 0 Å². The summed E-state index contributed by atoms with van der Waals surface area (Å²) in [6, 6.07) is 13.0. The fourth-order valence-corrected chi connectivity index (χ4v) is 1.78. The highest BCUT2D eigenvalue weighted by Gasteiger charge is 2.15. The van der Waals surface area contributed by atoms with Crippen LogP contribution in [-0.4, -0.2) is 16.9 Å². The van der Waals surface area contributed by atoms with E-state index in [1.54, 1.807) is 6.92 Å². The third-order valence-electron chi connectivity index (χ3n) is 3.05. The Labute approximate surface area is 127 Å². The van der Waals surface area contributed by atoms with Gasteiger partial charge in [-0.05, 0) is 38.1 Å². The first-order valence-electron chi connectivity index (χ1n) is 6.74. The van der Waals surface area contributed by atoms with Crippen molar-refractivity contribution in [3.63, 3.8) is 0 Å². The Hall–Kier alpha value is -2.89. The number of benzene rings is 2. The van der Waals surface area contributed by atoms with Crippen LogP contribution in [-0.2, 0) is 4.79 Å². The van der Waals surface area contributed by atoms with Crippen molar-refractivity contribution in [3.8, 4) is 5.75 Å². The average Bonchev–Trinajstić information content (AvgIpc) is 2.50. The molecule has 2 aromatic rings. The Bertz CT molecular complexity index is 666. The zero-order chi connectivity index (χ0) is 16.1. The van der Waals surface area contributed by atoms with Gasteiger partial charge < -0.3 is 10.1 Å². The number of aryl methyl sites for hydroxylation is 1. The number of anilines is 1. The molecule has 1 N–H and O–H groups in total. The molecule has 0 spiro atoms. The second-order valence-electron chi connectivity index (χ2n) is 4.87. The van der Waals surface area contributed by atoms with Gasteiger partial charge in [-0.25, -0.2) is 0 Å². The van der Waals surface area contributed by atoms with Crippen LogP contribution in [0.1, 0.15) is 12.5 Å². The standard InChI is InChI=1S/C16H16N2O4/c1-11-3-5-13(6-4-11)17-16(19)12(2)22-15-9-7-14(8-10-15)18(20)21/h3-10,12H,1-2H3,(H,17,19)/t12-/m1/s1. The first kappa shape index (κ1) is 15.5. The molecule has 0 radical (unpaired) electrons. The van der Waals surface area contributed by atoms with Crippen molar-refractivity contribution in [1.82, 2.24) is 0 Å². The molecule has 0 aromatic heterocycles. The third-order valence-corrected chi connectivity index (χ3v) is 3.05. The van der Waals surface area contributed by atoms with Crippen molar-refractivity contribution < 1.29 is 14.5 Å². The molecule has 1 atom stereocenters. The number of non-ortho nitro benzene ring substituents is 1. The summed E-state index contributed by atoms with van der Waals surface area (Å²) in [6.45, 7) is 3.58. The monoisotopic (exact) mass is 300 g/mol. The highest BCUT2D eigenvalue weighted by Crippen LogP contribution is 2.19. The number of hydrogen-bond acceptors (Lipinski definition) is 4. The molecule has 0 saturated heterocycles. The largest absolute Gasteiger partial charge is 0.481 e. The molecule has 6 nitrogen and oxygen atoms in total. The average molecular weight is 300 g/mol. The van der Waals surface area contributed by atoms with Crippen molar-refractivity contribution >= 4 is 17.3 Å². The van der Waals surface area contributed by atoms with Gasteiger partial charge in [-0.1, -0.05) is 17.7 Å². The first-order valence-corrected chi connectivity index (χ1v) is 6.74. The number of carbonyl (C=O) groups excluding carboxylic acids is 1. The van der Waals surface area contributed by atoms with E-state index < -0.39 is 11.0 Å². The van der Waals surface area contributed by atoms with Gasteiger partial charge in [0.05, 0.1) is 4.92 Å². The molecule has 2 rings (SSSR count). The number of nitrogens with zero attached hydrogens (tertiary/aromatic N) is 1. The maximum Gasteiger partial charge on any atom is 0.269 e. The third kappa shape index (κ3) is 4.05. The van der Waals surface area contributed by atoms with Crippen LogP contribution in [0.5, 0.6) is 5.75 Å². The van der Waals surface area contributed by atoms with Crippen LogP contribution in [0.3, 0.4) is 0 Å². The molecule has 0 fully saturated rings. The Morgan fingerprint density at radius 3 is 2.27 bits per heavy atom. The van der Waals surface area contributed by atoms with Crippen molar-refractivity contribution in [2.24, 2.45) is 0 Å². The maximum atomic E-state index is 12.0. The number of nitro groups is 1. The van der Waals surface area contributed by atoms with E-state index in [4.69, 9.17) is 4.74 Å². The van der Waals surface area contributed by atoms with E-state index in [1.807, 2.05) is 31.2 Å². The van der Waals surface area contributed by atoms with Crippen LogP contribution in [0, 0.1) is 17.0 Å². The second kappa shape index (κ2) is 6.71. The van der Waals surface area contributed by atoms with E-state index >= 15 is 0 Å². The summed E-state index contributed by atoms with van der Waals surface area (Å²) in [5.41, 5.74) is 1.77. The minimum Gasteiger partial charge on any atom is -0.481 e. The summed E-state index contributed by atoms with van der Waals surface area (Å²) in [5.74, 6) is 0.111. The Morgan fingerprint density at radius 1 is 1.14 bits per heavy atom. The van der Waals surface area contributed by atoms with Gasteiger partial charge >= 0.3 is 0 Å². The number of carbonyl (C=O) groups is 1. The van der Waals surface area contributed by atoms with Gasteiger partial charge in [0.15, 0.2) is 6.10 Å². The molecular weight excluding hydrogens is 284 g/mol. The molecule has 6 heteroatoms. The van der Waals surface area contributed by atoms with Gasteiger partial charge in [0.25, 0.3) is 11.6 Å². The van der Waals surface area contributed by atoms with Gasteiger partial charge in [0, 0.05) is 17.8 Å². The lowest BCUT2D eigenvalue weighted by Gasteiger charge is -2.14. The quantitative estimate of drug-likeness (QED) is 0.678. The Morgan fingerprint density at radius 2 is 1.73 bits per heavy atom. The zero-order valence-electron chi connectivity index (χ0n) is 12.3. The van der Waals surface area contributed by atoms with Crippen molar-refractivity contribution in [2.45, 2.75) is 20.0 Å². The number of rotatable bonds is 5. The van der Waals surface area contributed by atoms with Crippen molar-refractivity contribution in [3.05, 3.63) is 64.2 Å². The lowest BCUT2D eigenvalue weighted by Crippen LogP contribution is -2.30. The molecular formula is C16H16N2O4. The zero-order valence-corrected chi connectivity index (χ0v) is 12.3. The van der Waals surface area contributed by atoms with Gasteiger partial charge in [0.2, 0.25) is 0 Å². The van der Waals surface area contributed by atoms with Crippen LogP contribution in [0.2, 0.25) is 0 Å². The summed E-state index contributed by atoms with van der Waals surface area (Å²) in [5, 5.41) is 13.3. The lowest BCUT2D eigenvalue weighted by molar-refractivity contribution is -0.384. The SMILES string of the molecule is Cc1ccc(NC(=O)[C@@H](C)Oc2ccc([N+](=O)[O-])cc2)cc1. The molecule has 0 bridgehead atoms. The normalized spacial score (nSPS) is 11.5. The molecule has 0 unspecified atom stereocenters. The maximum absolute atomic E-state index is 12.0. The summed E-state index contributed by atoms with van der Waals surface area (Å²) in [7, 11) is 0. The van der Waals surface area contributed by atoms with Crippen molar-refractivity contribution in [1.29, 1.82) is 0 Å². The molecule has 22 heavy (non-hydrogen) atoms. The van der Waals surface area contributed by atoms with Gasteiger partial charge in [0.1, 0.15) is 5.75 Å². The molecule has 114 valence electrons. The van der Waals surface area contributed by atoms with Crippen molar-refractivity contribution in [2.75, 3.05) is 5.32 Å². The first-order chi connectivity index (χ1) is 10.5. The molecule has 0 aliphatic rings. The fourth-order valence-electron chi connectivity index (χ4n) is 1.78. The van der Waals surface area contributed by atoms with Gasteiger partial charge in [-0.3, -0.25) is 14.9 Å². The Balaban J connectivity index is 1.95. The molecule has 0 aliphatic carbocycles. The van der Waals surface area contributed by atoms with E-state index in [2.05, 4.69) is 5.32 Å². The predicted octanol–water partition coefficient (Wildman–Crippen LogP) is 3.31. The molecule has 1 amide bonds. The number of ether oxygens (including phenoxy) is 1. The fraction of sp³-hybridized carbons (Fsp3) is 0.188. The van der Waals surface area contributed by atoms with Crippen LogP contribution in [0.25, 0.3) is 0 Å². The van der Waals surface area contributed by atoms with E-state index in [0.717, 1.165) is 5.56 Å². The van der Waals surface area contributed by atoms with E-state index in [1.165, 1.54) is 24.3 Å². The molecule has 0 saturated carbocycles. The summed E-state index contributed by atoms with van der Waals surface area (Å²) in [6.07, 6.45) is -0.720. The van der Waals surface area contributed by atoms with E-state index in [9.17, 15) is 14.9 Å². The van der Waals surface area contributed by atoms with Crippen LogP contribution in [0.15, 0.2) is 48.5 Å². The number of nitro benzene ring substituents is 1. The number of amides is 1. The highest BCUT2D eigenvalue weighted by atomic mass is 16.6. The molecule has 0 heterocycles. The minimum absolute atomic E-state index is 0.0240.